The van der Waals surface area contributed by atoms with Gasteiger partial charge in [-0.2, -0.15) is 0 Å². The third-order valence-corrected chi connectivity index (χ3v) is 2.71. The molecule has 1 aliphatic rings. The summed E-state index contributed by atoms with van der Waals surface area (Å²) in [5, 5.41) is 23.7. The van der Waals surface area contributed by atoms with Crippen molar-refractivity contribution in [1.82, 2.24) is 5.32 Å². The fourth-order valence-electron chi connectivity index (χ4n) is 1.46. The first-order chi connectivity index (χ1) is 7.58. The van der Waals surface area contributed by atoms with E-state index in [0.717, 1.165) is 18.9 Å². The zero-order valence-electron chi connectivity index (χ0n) is 8.44. The van der Waals surface area contributed by atoms with Gasteiger partial charge in [0, 0.05) is 29.2 Å². The van der Waals surface area contributed by atoms with Gasteiger partial charge in [0.25, 0.3) is 0 Å². The van der Waals surface area contributed by atoms with Crippen LogP contribution in [0.15, 0.2) is 12.1 Å². The Labute approximate surface area is 97.2 Å². The lowest BCUT2D eigenvalue weighted by Crippen LogP contribution is -2.15. The number of nitro benzene ring substituents is 1. The van der Waals surface area contributed by atoms with Gasteiger partial charge in [0.1, 0.15) is 0 Å². The Morgan fingerprint density at radius 2 is 2.25 bits per heavy atom. The zero-order chi connectivity index (χ0) is 11.7. The highest BCUT2D eigenvalue weighted by Crippen LogP contribution is 2.33. The van der Waals surface area contributed by atoms with Crippen LogP contribution in [0.5, 0.6) is 5.75 Å². The summed E-state index contributed by atoms with van der Waals surface area (Å²) in [6.45, 7) is 0.401. The van der Waals surface area contributed by atoms with Crippen LogP contribution in [0, 0.1) is 10.1 Å². The monoisotopic (exact) mass is 242 g/mol. The number of aromatic hydroxyl groups is 1. The fraction of sp³-hybridized carbons (Fsp3) is 0.400. The maximum Gasteiger partial charge on any atom is 0.312 e. The molecule has 0 radical (unpaired) electrons. The summed E-state index contributed by atoms with van der Waals surface area (Å²) in [5.74, 6) is -0.303. The quantitative estimate of drug-likeness (QED) is 0.627. The number of halogens is 1. The fourth-order valence-corrected chi connectivity index (χ4v) is 1.69. The minimum absolute atomic E-state index is 0.261. The number of benzene rings is 1. The third kappa shape index (κ3) is 2.43. The first-order valence-corrected chi connectivity index (χ1v) is 5.35. The predicted octanol–water partition coefficient (Wildman–Crippen LogP) is 2.21. The molecule has 0 unspecified atom stereocenters. The van der Waals surface area contributed by atoms with Gasteiger partial charge in [-0.3, -0.25) is 10.1 Å². The Kier molecular flexibility index (Phi) is 2.98. The number of rotatable bonds is 4. The highest BCUT2D eigenvalue weighted by molar-refractivity contribution is 6.31. The first-order valence-electron chi connectivity index (χ1n) is 4.97. The smallest absolute Gasteiger partial charge is 0.312 e. The molecule has 6 heteroatoms. The summed E-state index contributed by atoms with van der Waals surface area (Å²) in [5.41, 5.74) is 0.117. The van der Waals surface area contributed by atoms with Crippen molar-refractivity contribution in [2.24, 2.45) is 0 Å². The number of hydrogen-bond acceptors (Lipinski definition) is 4. The number of nitrogens with one attached hydrogen (secondary N) is 1. The molecule has 0 aromatic heterocycles. The van der Waals surface area contributed by atoms with Crippen LogP contribution in [-0.4, -0.2) is 16.1 Å². The van der Waals surface area contributed by atoms with Crippen molar-refractivity contribution in [3.05, 3.63) is 32.8 Å². The van der Waals surface area contributed by atoms with Crippen molar-refractivity contribution >= 4 is 17.3 Å². The van der Waals surface area contributed by atoms with Crippen LogP contribution >= 0.6 is 11.6 Å². The van der Waals surface area contributed by atoms with E-state index in [2.05, 4.69) is 5.32 Å². The van der Waals surface area contributed by atoms with Crippen molar-refractivity contribution in [1.29, 1.82) is 0 Å². The third-order valence-electron chi connectivity index (χ3n) is 2.49. The average Bonchev–Trinajstić information content (AvgIpc) is 3.02. The van der Waals surface area contributed by atoms with Gasteiger partial charge in [-0.1, -0.05) is 11.6 Å². The maximum atomic E-state index is 10.6. The molecule has 16 heavy (non-hydrogen) atoms. The van der Waals surface area contributed by atoms with Gasteiger partial charge in [-0.25, -0.2) is 0 Å². The molecule has 1 saturated carbocycles. The molecule has 86 valence electrons. The van der Waals surface area contributed by atoms with Crippen molar-refractivity contribution < 1.29 is 10.0 Å². The van der Waals surface area contributed by atoms with Gasteiger partial charge >= 0.3 is 5.69 Å². The van der Waals surface area contributed by atoms with Gasteiger partial charge in [0.05, 0.1) is 4.92 Å². The minimum atomic E-state index is -0.637. The van der Waals surface area contributed by atoms with Gasteiger partial charge in [0.2, 0.25) is 0 Å². The standard InChI is InChI=1S/C10H11ClN2O3/c11-7-3-6(5-12-8-1-2-8)10(14)9(4-7)13(15)16/h3-4,8,12,14H,1-2,5H2. The number of nitrogens with zero attached hydrogens (tertiary/aromatic N) is 1. The number of phenolic OH excluding ortho intramolecular Hbond substituents is 1. The van der Waals surface area contributed by atoms with Crippen LogP contribution in [0.25, 0.3) is 0 Å². The molecule has 2 rings (SSSR count). The molecule has 0 saturated heterocycles. The Morgan fingerprint density at radius 3 is 2.81 bits per heavy atom. The summed E-state index contributed by atoms with van der Waals surface area (Å²) in [6.07, 6.45) is 2.23. The Hall–Kier alpha value is -1.33. The lowest BCUT2D eigenvalue weighted by Gasteiger charge is -2.06. The molecule has 0 atom stereocenters. The molecule has 0 bridgehead atoms. The molecule has 1 aliphatic carbocycles. The van der Waals surface area contributed by atoms with Crippen LogP contribution in [0.4, 0.5) is 5.69 Å². The number of phenols is 1. The summed E-state index contributed by atoms with van der Waals surface area (Å²) < 4.78 is 0. The largest absolute Gasteiger partial charge is 0.502 e. The van der Waals surface area contributed by atoms with E-state index < -0.39 is 4.92 Å². The molecule has 0 amide bonds. The van der Waals surface area contributed by atoms with E-state index in [1.165, 1.54) is 0 Å². The SMILES string of the molecule is O=[N+]([O-])c1cc(Cl)cc(CNC2CC2)c1O. The number of hydrogen-bond donors (Lipinski definition) is 2. The second-order valence-electron chi connectivity index (χ2n) is 3.84. The molecular weight excluding hydrogens is 232 g/mol. The molecule has 1 aromatic rings. The topological polar surface area (TPSA) is 75.4 Å². The van der Waals surface area contributed by atoms with Crippen LogP contribution in [0.1, 0.15) is 18.4 Å². The van der Waals surface area contributed by atoms with Gasteiger partial charge < -0.3 is 10.4 Å². The second kappa shape index (κ2) is 4.27. The van der Waals surface area contributed by atoms with Crippen molar-refractivity contribution in [3.8, 4) is 5.75 Å². The molecule has 1 aromatic carbocycles. The molecule has 1 fully saturated rings. The Bertz CT molecular complexity index is 432. The highest BCUT2D eigenvalue weighted by Gasteiger charge is 2.23. The molecule has 0 spiro atoms. The minimum Gasteiger partial charge on any atom is -0.502 e. The van der Waals surface area contributed by atoms with Crippen LogP contribution in [-0.2, 0) is 6.54 Å². The van der Waals surface area contributed by atoms with Crippen LogP contribution in [0.2, 0.25) is 5.02 Å². The van der Waals surface area contributed by atoms with E-state index in [-0.39, 0.29) is 16.5 Å². The lowest BCUT2D eigenvalue weighted by atomic mass is 10.1. The normalized spacial score (nSPS) is 15.1. The first kappa shape index (κ1) is 11.2. The van der Waals surface area contributed by atoms with E-state index in [0.29, 0.717) is 18.2 Å². The number of nitro groups is 1. The second-order valence-corrected chi connectivity index (χ2v) is 4.28. The summed E-state index contributed by atoms with van der Waals surface area (Å²) in [6, 6.07) is 3.16. The summed E-state index contributed by atoms with van der Waals surface area (Å²) in [7, 11) is 0. The highest BCUT2D eigenvalue weighted by atomic mass is 35.5. The summed E-state index contributed by atoms with van der Waals surface area (Å²) >= 11 is 5.75. The van der Waals surface area contributed by atoms with E-state index >= 15 is 0 Å². The van der Waals surface area contributed by atoms with E-state index in [4.69, 9.17) is 11.6 Å². The Morgan fingerprint density at radius 1 is 1.56 bits per heavy atom. The molecule has 2 N–H and O–H groups in total. The van der Waals surface area contributed by atoms with E-state index in [1.54, 1.807) is 6.07 Å². The van der Waals surface area contributed by atoms with Crippen molar-refractivity contribution in [2.75, 3.05) is 0 Å². The van der Waals surface area contributed by atoms with Crippen molar-refractivity contribution in [3.63, 3.8) is 0 Å². The lowest BCUT2D eigenvalue weighted by molar-refractivity contribution is -0.385. The average molecular weight is 243 g/mol. The van der Waals surface area contributed by atoms with Gasteiger partial charge in [-0.15, -0.1) is 0 Å². The molecule has 0 heterocycles. The van der Waals surface area contributed by atoms with Crippen molar-refractivity contribution in [2.45, 2.75) is 25.4 Å². The summed E-state index contributed by atoms with van der Waals surface area (Å²) in [4.78, 5) is 10.0. The van der Waals surface area contributed by atoms with Gasteiger partial charge in [0.15, 0.2) is 5.75 Å². The van der Waals surface area contributed by atoms with E-state index in [9.17, 15) is 15.2 Å². The predicted molar refractivity (Wildman–Crippen MR) is 59.6 cm³/mol. The molecule has 5 nitrogen and oxygen atoms in total. The zero-order valence-corrected chi connectivity index (χ0v) is 9.20. The Balaban J connectivity index is 2.24. The van der Waals surface area contributed by atoms with E-state index in [1.807, 2.05) is 0 Å². The maximum absolute atomic E-state index is 10.6. The van der Waals surface area contributed by atoms with Crippen LogP contribution < -0.4 is 5.32 Å². The molecule has 0 aliphatic heterocycles. The van der Waals surface area contributed by atoms with Gasteiger partial charge in [-0.05, 0) is 18.9 Å². The molecular formula is C10H11ClN2O3. The van der Waals surface area contributed by atoms with Crippen LogP contribution in [0.3, 0.4) is 0 Å².